The van der Waals surface area contributed by atoms with E-state index in [9.17, 15) is 4.79 Å². The Kier molecular flexibility index (Phi) is 6.44. The molecule has 0 N–H and O–H groups in total. The van der Waals surface area contributed by atoms with Crippen LogP contribution < -0.4 is 0 Å². The minimum atomic E-state index is -1.70. The number of rotatable bonds is 7. The zero-order chi connectivity index (χ0) is 11.0. The summed E-state index contributed by atoms with van der Waals surface area (Å²) in [6.45, 7) is 6.14. The fourth-order valence-electron chi connectivity index (χ4n) is 0.997. The Labute approximate surface area is 84.3 Å². The van der Waals surface area contributed by atoms with Crippen molar-refractivity contribution in [1.29, 1.82) is 0 Å². The summed E-state index contributed by atoms with van der Waals surface area (Å²) in [5.74, 6) is -2.38. The third kappa shape index (κ3) is 3.25. The van der Waals surface area contributed by atoms with Crippen molar-refractivity contribution in [3.8, 4) is 0 Å². The monoisotopic (exact) mass is 206 g/mol. The van der Waals surface area contributed by atoms with Gasteiger partial charge in [-0.1, -0.05) is 0 Å². The molecule has 0 aliphatic rings. The summed E-state index contributed by atoms with van der Waals surface area (Å²) in [5.41, 5.74) is 0. The Bertz CT molecular complexity index is 152. The van der Waals surface area contributed by atoms with Crippen molar-refractivity contribution < 1.29 is 23.7 Å². The van der Waals surface area contributed by atoms with E-state index in [0.29, 0.717) is 19.8 Å². The molecule has 14 heavy (non-hydrogen) atoms. The number of esters is 1. The molecule has 0 aliphatic carbocycles. The third-order valence-electron chi connectivity index (χ3n) is 1.44. The van der Waals surface area contributed by atoms with Crippen molar-refractivity contribution in [3.05, 3.63) is 0 Å². The van der Waals surface area contributed by atoms with E-state index in [0.717, 1.165) is 0 Å². The van der Waals surface area contributed by atoms with Crippen LogP contribution in [0, 0.1) is 0 Å². The fourth-order valence-corrected chi connectivity index (χ4v) is 0.997. The van der Waals surface area contributed by atoms with Crippen molar-refractivity contribution in [2.24, 2.45) is 0 Å². The van der Waals surface area contributed by atoms with Gasteiger partial charge in [0.2, 0.25) is 0 Å². The van der Waals surface area contributed by atoms with Gasteiger partial charge in [-0.2, -0.15) is 0 Å². The highest BCUT2D eigenvalue weighted by molar-refractivity contribution is 5.76. The van der Waals surface area contributed by atoms with Crippen LogP contribution in [0.5, 0.6) is 0 Å². The van der Waals surface area contributed by atoms with Gasteiger partial charge in [-0.05, 0) is 20.8 Å². The van der Waals surface area contributed by atoms with Crippen LogP contribution in [0.2, 0.25) is 0 Å². The number of hydrogen-bond acceptors (Lipinski definition) is 5. The Hall–Kier alpha value is -0.650. The summed E-state index contributed by atoms with van der Waals surface area (Å²) in [7, 11) is 1.26. The molecule has 0 heterocycles. The molecule has 0 amide bonds. The van der Waals surface area contributed by atoms with Gasteiger partial charge in [-0.3, -0.25) is 0 Å². The molecule has 0 atom stereocenters. The largest absolute Gasteiger partial charge is 0.463 e. The second-order valence-corrected chi connectivity index (χ2v) is 2.35. The van der Waals surface area contributed by atoms with Gasteiger partial charge in [-0.25, -0.2) is 4.79 Å². The van der Waals surface area contributed by atoms with Crippen LogP contribution in [0.15, 0.2) is 0 Å². The maximum atomic E-state index is 11.4. The minimum Gasteiger partial charge on any atom is -0.463 e. The van der Waals surface area contributed by atoms with E-state index in [2.05, 4.69) is 4.74 Å². The first-order chi connectivity index (χ1) is 6.66. The molecule has 0 aromatic heterocycles. The van der Waals surface area contributed by atoms with Gasteiger partial charge < -0.3 is 18.9 Å². The molecular formula is C9H18O5. The average molecular weight is 206 g/mol. The van der Waals surface area contributed by atoms with Crippen LogP contribution in [-0.4, -0.2) is 38.9 Å². The maximum absolute atomic E-state index is 11.4. The topological polar surface area (TPSA) is 54.0 Å². The lowest BCUT2D eigenvalue weighted by Gasteiger charge is -2.28. The van der Waals surface area contributed by atoms with Gasteiger partial charge in [0.15, 0.2) is 0 Å². The van der Waals surface area contributed by atoms with Crippen molar-refractivity contribution in [1.82, 2.24) is 0 Å². The number of carbonyl (C=O) groups excluding carboxylic acids is 1. The van der Waals surface area contributed by atoms with E-state index in [-0.39, 0.29) is 0 Å². The number of hydrogen-bond donors (Lipinski definition) is 0. The maximum Gasteiger partial charge on any atom is 0.397 e. The molecule has 0 radical (unpaired) electrons. The van der Waals surface area contributed by atoms with Gasteiger partial charge in [0, 0.05) is 0 Å². The Morgan fingerprint density at radius 1 is 1.00 bits per heavy atom. The van der Waals surface area contributed by atoms with Gasteiger partial charge in [0.25, 0.3) is 0 Å². The van der Waals surface area contributed by atoms with Crippen LogP contribution >= 0.6 is 0 Å². The summed E-state index contributed by atoms with van der Waals surface area (Å²) >= 11 is 0. The molecular weight excluding hydrogens is 188 g/mol. The molecule has 5 heteroatoms. The predicted octanol–water partition coefficient (Wildman–Crippen LogP) is 0.923. The first kappa shape index (κ1) is 13.4. The van der Waals surface area contributed by atoms with Crippen LogP contribution in [0.1, 0.15) is 20.8 Å². The Balaban J connectivity index is 4.62. The van der Waals surface area contributed by atoms with Crippen molar-refractivity contribution in [2.75, 3.05) is 26.9 Å². The van der Waals surface area contributed by atoms with Crippen molar-refractivity contribution >= 4 is 5.97 Å². The van der Waals surface area contributed by atoms with Crippen LogP contribution in [0.25, 0.3) is 0 Å². The Morgan fingerprint density at radius 2 is 1.36 bits per heavy atom. The second-order valence-electron chi connectivity index (χ2n) is 2.35. The second kappa shape index (κ2) is 6.75. The minimum absolute atomic E-state index is 0.301. The molecule has 0 bridgehead atoms. The lowest BCUT2D eigenvalue weighted by molar-refractivity contribution is -0.359. The van der Waals surface area contributed by atoms with Crippen molar-refractivity contribution in [3.63, 3.8) is 0 Å². The van der Waals surface area contributed by atoms with Crippen LogP contribution in [-0.2, 0) is 23.7 Å². The normalized spacial score (nSPS) is 11.4. The van der Waals surface area contributed by atoms with Gasteiger partial charge in [-0.15, -0.1) is 0 Å². The molecule has 0 rings (SSSR count). The lowest BCUT2D eigenvalue weighted by Crippen LogP contribution is -2.48. The summed E-state index contributed by atoms with van der Waals surface area (Å²) in [6.07, 6.45) is 0. The first-order valence-electron chi connectivity index (χ1n) is 4.67. The lowest BCUT2D eigenvalue weighted by atomic mass is 10.5. The van der Waals surface area contributed by atoms with E-state index >= 15 is 0 Å². The average Bonchev–Trinajstić information content (AvgIpc) is 2.17. The standard InChI is InChI=1S/C9H18O5/c1-5-12-9(13-6-2,14-7-3)8(10)11-4/h5-7H2,1-4H3. The van der Waals surface area contributed by atoms with E-state index in [4.69, 9.17) is 14.2 Å². The van der Waals surface area contributed by atoms with E-state index in [1.807, 2.05) is 0 Å². The molecule has 0 saturated heterocycles. The quantitative estimate of drug-likeness (QED) is 0.458. The molecule has 0 aliphatic heterocycles. The summed E-state index contributed by atoms with van der Waals surface area (Å²) < 4.78 is 20.0. The molecule has 5 nitrogen and oxygen atoms in total. The summed E-state index contributed by atoms with van der Waals surface area (Å²) in [4.78, 5) is 11.4. The zero-order valence-electron chi connectivity index (χ0n) is 9.16. The van der Waals surface area contributed by atoms with Crippen LogP contribution in [0.3, 0.4) is 0 Å². The van der Waals surface area contributed by atoms with Crippen molar-refractivity contribution in [2.45, 2.75) is 26.7 Å². The molecule has 0 saturated carbocycles. The molecule has 0 aromatic rings. The summed E-state index contributed by atoms with van der Waals surface area (Å²) in [6, 6.07) is 0. The van der Waals surface area contributed by atoms with E-state index < -0.39 is 11.9 Å². The predicted molar refractivity (Wildman–Crippen MR) is 49.6 cm³/mol. The SMILES string of the molecule is CCOC(OCC)(OCC)C(=O)OC. The van der Waals surface area contributed by atoms with Gasteiger partial charge in [0.05, 0.1) is 26.9 Å². The van der Waals surface area contributed by atoms with Gasteiger partial charge >= 0.3 is 11.9 Å². The third-order valence-corrected chi connectivity index (χ3v) is 1.44. The van der Waals surface area contributed by atoms with Crippen LogP contribution in [0.4, 0.5) is 0 Å². The Morgan fingerprint density at radius 3 is 1.57 bits per heavy atom. The molecule has 0 unspecified atom stereocenters. The van der Waals surface area contributed by atoms with E-state index in [1.165, 1.54) is 7.11 Å². The summed E-state index contributed by atoms with van der Waals surface area (Å²) in [5, 5.41) is 0. The molecule has 0 spiro atoms. The number of carbonyl (C=O) groups is 1. The smallest absolute Gasteiger partial charge is 0.397 e. The first-order valence-corrected chi connectivity index (χ1v) is 4.67. The fraction of sp³-hybridized carbons (Fsp3) is 0.889. The highest BCUT2D eigenvalue weighted by atomic mass is 16.9. The zero-order valence-corrected chi connectivity index (χ0v) is 9.16. The number of ether oxygens (including phenoxy) is 4. The van der Waals surface area contributed by atoms with Gasteiger partial charge in [0.1, 0.15) is 0 Å². The highest BCUT2D eigenvalue weighted by Gasteiger charge is 2.43. The molecule has 0 aromatic carbocycles. The number of methoxy groups -OCH3 is 1. The van der Waals surface area contributed by atoms with E-state index in [1.54, 1.807) is 20.8 Å². The molecule has 84 valence electrons. The molecule has 0 fully saturated rings. The highest BCUT2D eigenvalue weighted by Crippen LogP contribution is 2.17.